The molecule has 0 saturated heterocycles. The zero-order valence-corrected chi connectivity index (χ0v) is 8.46. The first-order valence-electron chi connectivity index (χ1n) is 4.57. The Hall–Kier alpha value is -2.44. The van der Waals surface area contributed by atoms with E-state index in [2.05, 4.69) is 14.7 Å². The number of halogens is 1. The minimum Gasteiger partial charge on any atom is -0.484 e. The minimum atomic E-state index is -1.20. The molecule has 0 aliphatic heterocycles. The number of carboxylic acid groups (broad SMARTS) is 1. The molecule has 0 bridgehead atoms. The molecular formula is C10H7FN2O4. The van der Waals surface area contributed by atoms with Crippen LogP contribution in [0, 0.1) is 5.82 Å². The Morgan fingerprint density at radius 2 is 2.35 bits per heavy atom. The van der Waals surface area contributed by atoms with Crippen LogP contribution in [0.5, 0.6) is 5.75 Å². The number of ether oxygens (including phenoxy) is 1. The van der Waals surface area contributed by atoms with E-state index in [1.165, 1.54) is 0 Å². The lowest BCUT2D eigenvalue weighted by molar-refractivity contribution is 0.0691. The standard InChI is InChI=1S/C10H7FN2O4/c11-6-1-2-7(10(14)15)8(3-6)16-4-9-12-5-17-13-9/h1-3,5H,4H2,(H,14,15). The second-order valence-corrected chi connectivity index (χ2v) is 3.08. The highest BCUT2D eigenvalue weighted by Gasteiger charge is 2.13. The van der Waals surface area contributed by atoms with Gasteiger partial charge >= 0.3 is 5.97 Å². The summed E-state index contributed by atoms with van der Waals surface area (Å²) < 4.78 is 22.5. The van der Waals surface area contributed by atoms with E-state index in [9.17, 15) is 9.18 Å². The number of aromatic nitrogens is 2. The number of benzene rings is 1. The SMILES string of the molecule is O=C(O)c1ccc(F)cc1OCc1ncon1. The molecule has 7 heteroatoms. The highest BCUT2D eigenvalue weighted by Crippen LogP contribution is 2.20. The number of hydrogen-bond donors (Lipinski definition) is 1. The molecule has 0 aliphatic rings. The average Bonchev–Trinajstić information content (AvgIpc) is 2.78. The summed E-state index contributed by atoms with van der Waals surface area (Å²) in [5, 5.41) is 12.3. The molecule has 0 radical (unpaired) electrons. The summed E-state index contributed by atoms with van der Waals surface area (Å²) in [7, 11) is 0. The lowest BCUT2D eigenvalue weighted by Gasteiger charge is -2.06. The Morgan fingerprint density at radius 3 is 3.00 bits per heavy atom. The Morgan fingerprint density at radius 1 is 1.53 bits per heavy atom. The molecule has 1 heterocycles. The summed E-state index contributed by atoms with van der Waals surface area (Å²) >= 11 is 0. The first-order valence-corrected chi connectivity index (χ1v) is 4.57. The smallest absolute Gasteiger partial charge is 0.339 e. The van der Waals surface area contributed by atoms with Crippen molar-refractivity contribution in [3.8, 4) is 5.75 Å². The third kappa shape index (κ3) is 2.57. The van der Waals surface area contributed by atoms with E-state index in [1.54, 1.807) is 0 Å². The van der Waals surface area contributed by atoms with Crippen molar-refractivity contribution in [3.63, 3.8) is 0 Å². The molecular weight excluding hydrogens is 231 g/mol. The summed E-state index contributed by atoms with van der Waals surface area (Å²) in [4.78, 5) is 14.5. The van der Waals surface area contributed by atoms with Crippen LogP contribution in [0.4, 0.5) is 4.39 Å². The molecule has 0 unspecified atom stereocenters. The van der Waals surface area contributed by atoms with Crippen LogP contribution in [0.15, 0.2) is 29.1 Å². The first kappa shape index (κ1) is 11.1. The van der Waals surface area contributed by atoms with Crippen LogP contribution in [0.3, 0.4) is 0 Å². The van der Waals surface area contributed by atoms with Crippen LogP contribution in [0.25, 0.3) is 0 Å². The van der Waals surface area contributed by atoms with Crippen molar-refractivity contribution >= 4 is 5.97 Å². The lowest BCUT2D eigenvalue weighted by Crippen LogP contribution is -2.04. The number of nitrogens with zero attached hydrogens (tertiary/aromatic N) is 2. The van der Waals surface area contributed by atoms with E-state index in [0.29, 0.717) is 0 Å². The fourth-order valence-electron chi connectivity index (χ4n) is 1.19. The van der Waals surface area contributed by atoms with Crippen LogP contribution in [0.2, 0.25) is 0 Å². The van der Waals surface area contributed by atoms with Crippen LogP contribution in [-0.4, -0.2) is 21.2 Å². The molecule has 6 nitrogen and oxygen atoms in total. The summed E-state index contributed by atoms with van der Waals surface area (Å²) in [6.07, 6.45) is 1.11. The van der Waals surface area contributed by atoms with Gasteiger partial charge in [-0.3, -0.25) is 0 Å². The van der Waals surface area contributed by atoms with Gasteiger partial charge in [0, 0.05) is 6.07 Å². The Bertz CT molecular complexity index is 527. The minimum absolute atomic E-state index is 0.0812. The summed E-state index contributed by atoms with van der Waals surface area (Å²) in [6.45, 7) is -0.0970. The number of carbonyl (C=O) groups is 1. The zero-order chi connectivity index (χ0) is 12.3. The van der Waals surface area contributed by atoms with Gasteiger partial charge in [-0.15, -0.1) is 0 Å². The van der Waals surface area contributed by atoms with E-state index in [1.807, 2.05) is 0 Å². The van der Waals surface area contributed by atoms with E-state index >= 15 is 0 Å². The second kappa shape index (κ2) is 4.60. The number of rotatable bonds is 4. The topological polar surface area (TPSA) is 85.5 Å². The third-order valence-electron chi connectivity index (χ3n) is 1.94. The van der Waals surface area contributed by atoms with E-state index in [4.69, 9.17) is 9.84 Å². The van der Waals surface area contributed by atoms with Gasteiger partial charge < -0.3 is 14.4 Å². The highest BCUT2D eigenvalue weighted by atomic mass is 19.1. The Balaban J connectivity index is 2.19. The van der Waals surface area contributed by atoms with Crippen LogP contribution >= 0.6 is 0 Å². The third-order valence-corrected chi connectivity index (χ3v) is 1.94. The zero-order valence-electron chi connectivity index (χ0n) is 8.46. The van der Waals surface area contributed by atoms with Crippen molar-refractivity contribution in [2.24, 2.45) is 0 Å². The monoisotopic (exact) mass is 238 g/mol. The van der Waals surface area contributed by atoms with Gasteiger partial charge in [-0.1, -0.05) is 5.16 Å². The average molecular weight is 238 g/mol. The summed E-state index contributed by atoms with van der Waals surface area (Å²) in [5.74, 6) is -1.63. The van der Waals surface area contributed by atoms with Gasteiger partial charge in [-0.2, -0.15) is 4.98 Å². The molecule has 0 saturated carbocycles. The van der Waals surface area contributed by atoms with Gasteiger partial charge in [0.05, 0.1) is 0 Å². The normalized spacial score (nSPS) is 10.2. The van der Waals surface area contributed by atoms with Crippen molar-refractivity contribution < 1.29 is 23.6 Å². The van der Waals surface area contributed by atoms with Crippen molar-refractivity contribution in [1.82, 2.24) is 10.1 Å². The van der Waals surface area contributed by atoms with Crippen LogP contribution in [-0.2, 0) is 6.61 Å². The van der Waals surface area contributed by atoms with Gasteiger partial charge in [0.25, 0.3) is 0 Å². The fourth-order valence-corrected chi connectivity index (χ4v) is 1.19. The summed E-state index contributed by atoms with van der Waals surface area (Å²) in [5.41, 5.74) is -0.130. The van der Waals surface area contributed by atoms with Gasteiger partial charge in [-0.25, -0.2) is 9.18 Å². The van der Waals surface area contributed by atoms with Crippen molar-refractivity contribution in [2.45, 2.75) is 6.61 Å². The molecule has 0 atom stereocenters. The Kier molecular flexibility index (Phi) is 2.99. The molecule has 0 spiro atoms. The van der Waals surface area contributed by atoms with E-state index < -0.39 is 11.8 Å². The second-order valence-electron chi connectivity index (χ2n) is 3.08. The maximum atomic E-state index is 13.0. The van der Waals surface area contributed by atoms with Gasteiger partial charge in [0.15, 0.2) is 6.61 Å². The molecule has 0 fully saturated rings. The molecule has 1 N–H and O–H groups in total. The molecule has 88 valence electrons. The molecule has 2 aromatic rings. The molecule has 0 aliphatic carbocycles. The van der Waals surface area contributed by atoms with E-state index in [0.717, 1.165) is 24.6 Å². The predicted molar refractivity (Wildman–Crippen MR) is 52.0 cm³/mol. The molecule has 1 aromatic carbocycles. The number of hydrogen-bond acceptors (Lipinski definition) is 5. The molecule has 0 amide bonds. The Labute approximate surface area is 94.6 Å². The van der Waals surface area contributed by atoms with Gasteiger partial charge in [-0.05, 0) is 12.1 Å². The largest absolute Gasteiger partial charge is 0.484 e. The van der Waals surface area contributed by atoms with Gasteiger partial charge in [0.2, 0.25) is 12.2 Å². The molecule has 17 heavy (non-hydrogen) atoms. The molecule has 2 rings (SSSR count). The van der Waals surface area contributed by atoms with Gasteiger partial charge in [0.1, 0.15) is 17.1 Å². The quantitative estimate of drug-likeness (QED) is 0.868. The fraction of sp³-hybridized carbons (Fsp3) is 0.100. The predicted octanol–water partition coefficient (Wildman–Crippen LogP) is 1.49. The van der Waals surface area contributed by atoms with Crippen molar-refractivity contribution in [2.75, 3.05) is 0 Å². The van der Waals surface area contributed by atoms with Crippen LogP contribution in [0.1, 0.15) is 16.2 Å². The maximum Gasteiger partial charge on any atom is 0.339 e. The summed E-state index contributed by atoms with van der Waals surface area (Å²) in [6, 6.07) is 3.16. The lowest BCUT2D eigenvalue weighted by atomic mass is 10.2. The van der Waals surface area contributed by atoms with Crippen molar-refractivity contribution in [1.29, 1.82) is 0 Å². The van der Waals surface area contributed by atoms with Crippen LogP contribution < -0.4 is 4.74 Å². The first-order chi connectivity index (χ1) is 8.16. The maximum absolute atomic E-state index is 13.0. The molecule has 1 aromatic heterocycles. The highest BCUT2D eigenvalue weighted by molar-refractivity contribution is 5.90. The number of aromatic carboxylic acids is 1. The van der Waals surface area contributed by atoms with Crippen molar-refractivity contribution in [3.05, 3.63) is 41.8 Å². The van der Waals surface area contributed by atoms with E-state index in [-0.39, 0.29) is 23.7 Å². The number of carboxylic acids is 1.